The maximum absolute atomic E-state index is 13.6. The van der Waals surface area contributed by atoms with E-state index in [1.807, 2.05) is 0 Å². The number of benzene rings is 2. The first-order chi connectivity index (χ1) is 18.3. The highest BCUT2D eigenvalue weighted by Gasteiger charge is 2.52. The molecule has 6 rings (SSSR count). The molecule has 11 heteroatoms. The van der Waals surface area contributed by atoms with Gasteiger partial charge in [-0.05, 0) is 67.7 Å². The van der Waals surface area contributed by atoms with Gasteiger partial charge < -0.3 is 9.88 Å². The Hall–Kier alpha value is -3.37. The normalized spacial score (nSPS) is 23.2. The minimum absolute atomic E-state index is 0.0129. The average molecular weight is 551 g/mol. The fourth-order valence-electron chi connectivity index (χ4n) is 6.28. The molecule has 39 heavy (non-hydrogen) atoms. The molecule has 0 radical (unpaired) electrons. The first kappa shape index (κ1) is 27.2. The number of hydrogen-bond acceptors (Lipinski definition) is 3. The molecule has 3 aliphatic carbocycles. The minimum Gasteiger partial charge on any atom is -0.352 e. The second-order valence-corrected chi connectivity index (χ2v) is 10.9. The molecular formula is C28H28F6N4O. The Morgan fingerprint density at radius 2 is 1.56 bits per heavy atom. The monoisotopic (exact) mass is 550 g/mol. The van der Waals surface area contributed by atoms with Gasteiger partial charge in [0.15, 0.2) is 5.82 Å². The van der Waals surface area contributed by atoms with Crippen LogP contribution in [0.3, 0.4) is 0 Å². The minimum atomic E-state index is -4.52. The zero-order valence-electron chi connectivity index (χ0n) is 21.3. The Morgan fingerprint density at radius 3 is 2.21 bits per heavy atom. The molecule has 0 spiro atoms. The van der Waals surface area contributed by atoms with Gasteiger partial charge in [0.25, 0.3) is 0 Å². The second kappa shape index (κ2) is 9.67. The third-order valence-corrected chi connectivity index (χ3v) is 8.50. The molecule has 1 N–H and O–H groups in total. The fourth-order valence-corrected chi connectivity index (χ4v) is 6.28. The van der Waals surface area contributed by atoms with E-state index in [1.165, 1.54) is 18.2 Å². The van der Waals surface area contributed by atoms with E-state index in [0.29, 0.717) is 11.4 Å². The van der Waals surface area contributed by atoms with Gasteiger partial charge in [-0.2, -0.15) is 26.3 Å². The number of fused-ring (bicyclic) bond motifs is 3. The molecule has 3 aromatic rings. The van der Waals surface area contributed by atoms with Crippen molar-refractivity contribution < 1.29 is 31.1 Å². The van der Waals surface area contributed by atoms with Gasteiger partial charge in [0.1, 0.15) is 5.82 Å². The maximum atomic E-state index is 13.6. The smallest absolute Gasteiger partial charge is 0.352 e. The summed E-state index contributed by atoms with van der Waals surface area (Å²) in [7, 11) is 1.70. The number of halogens is 6. The molecular weight excluding hydrogens is 522 g/mol. The molecule has 0 unspecified atom stereocenters. The van der Waals surface area contributed by atoms with Gasteiger partial charge in [-0.25, -0.2) is 0 Å². The maximum Gasteiger partial charge on any atom is 0.417 e. The van der Waals surface area contributed by atoms with Crippen LogP contribution < -0.4 is 5.32 Å². The zero-order valence-corrected chi connectivity index (χ0v) is 21.3. The van der Waals surface area contributed by atoms with Crippen molar-refractivity contribution in [3.8, 4) is 11.4 Å². The molecule has 5 nitrogen and oxygen atoms in total. The van der Waals surface area contributed by atoms with Crippen molar-refractivity contribution in [3.63, 3.8) is 0 Å². The Morgan fingerprint density at radius 1 is 0.897 bits per heavy atom. The number of aromatic nitrogens is 3. The molecule has 3 aliphatic rings. The number of carbonyl (C=O) groups excluding carboxylic acids is 1. The van der Waals surface area contributed by atoms with Gasteiger partial charge in [-0.1, -0.05) is 30.3 Å². The predicted octanol–water partition coefficient (Wildman–Crippen LogP) is 6.82. The Balaban J connectivity index is 1.25. The molecule has 1 amide bonds. The zero-order chi connectivity index (χ0) is 28.1. The summed E-state index contributed by atoms with van der Waals surface area (Å²) >= 11 is 0. The lowest BCUT2D eigenvalue weighted by Gasteiger charge is -2.52. The van der Waals surface area contributed by atoms with Crippen molar-refractivity contribution in [1.82, 2.24) is 20.1 Å². The summed E-state index contributed by atoms with van der Waals surface area (Å²) in [6.07, 6.45) is -4.20. The highest BCUT2D eigenvalue weighted by molar-refractivity contribution is 5.76. The van der Waals surface area contributed by atoms with Crippen LogP contribution in [0.15, 0.2) is 48.5 Å². The third-order valence-electron chi connectivity index (χ3n) is 8.50. The number of carbonyl (C=O) groups is 1. The summed E-state index contributed by atoms with van der Waals surface area (Å²) in [5.41, 5.74) is -1.66. The standard InChI is InChI=1S/C28H28F6N4O/c1-38-23(20-7-2-3-8-21(20)28(32,33)34)36-37-24(38)26-12-9-25(10-13-26,11-14-26)16-22(39)35-17-18-5-4-6-19(15-18)27(29,30)31/h2-8,15H,9-14,16-17H2,1H3,(H,35,39). The summed E-state index contributed by atoms with van der Waals surface area (Å²) in [6.45, 7) is 0.0177. The molecule has 0 aliphatic heterocycles. The van der Waals surface area contributed by atoms with Crippen LogP contribution >= 0.6 is 0 Å². The van der Waals surface area contributed by atoms with Gasteiger partial charge in [0.2, 0.25) is 5.91 Å². The molecule has 0 atom stereocenters. The van der Waals surface area contributed by atoms with E-state index >= 15 is 0 Å². The molecule has 1 heterocycles. The summed E-state index contributed by atoms with van der Waals surface area (Å²) in [5.74, 6) is 0.631. The molecule has 2 bridgehead atoms. The Labute approximate surface area is 221 Å². The SMILES string of the molecule is Cn1c(-c2ccccc2C(F)(F)F)nnc1C12CCC(CC(=O)NCc3cccc(C(F)(F)F)c3)(CC1)CC2. The third kappa shape index (κ3) is 5.27. The lowest BCUT2D eigenvalue weighted by Crippen LogP contribution is -2.47. The van der Waals surface area contributed by atoms with E-state index in [9.17, 15) is 31.1 Å². The summed E-state index contributed by atoms with van der Waals surface area (Å²) < 4.78 is 81.4. The van der Waals surface area contributed by atoms with Crippen LogP contribution in [0.5, 0.6) is 0 Å². The van der Waals surface area contributed by atoms with Crippen LogP contribution in [-0.4, -0.2) is 20.7 Å². The Kier molecular flexibility index (Phi) is 6.75. The van der Waals surface area contributed by atoms with Gasteiger partial charge in [-0.3, -0.25) is 4.79 Å². The quantitative estimate of drug-likeness (QED) is 0.343. The largest absolute Gasteiger partial charge is 0.417 e. The van der Waals surface area contributed by atoms with E-state index in [4.69, 9.17) is 0 Å². The van der Waals surface area contributed by atoms with E-state index in [1.54, 1.807) is 23.7 Å². The molecule has 208 valence electrons. The highest BCUT2D eigenvalue weighted by Crippen LogP contribution is 2.59. The highest BCUT2D eigenvalue weighted by atomic mass is 19.4. The average Bonchev–Trinajstić information content (AvgIpc) is 3.29. The summed E-state index contributed by atoms with van der Waals surface area (Å²) in [5, 5.41) is 11.3. The van der Waals surface area contributed by atoms with Crippen molar-refractivity contribution in [1.29, 1.82) is 0 Å². The second-order valence-electron chi connectivity index (χ2n) is 10.9. The topological polar surface area (TPSA) is 59.8 Å². The van der Waals surface area contributed by atoms with E-state index in [0.717, 1.165) is 56.7 Å². The number of nitrogens with zero attached hydrogens (tertiary/aromatic N) is 3. The van der Waals surface area contributed by atoms with Crippen LogP contribution in [0.2, 0.25) is 0 Å². The number of amides is 1. The van der Waals surface area contributed by atoms with Crippen LogP contribution in [0.1, 0.15) is 67.5 Å². The molecule has 0 saturated heterocycles. The first-order valence-electron chi connectivity index (χ1n) is 12.8. The van der Waals surface area contributed by atoms with Crippen molar-refractivity contribution >= 4 is 5.91 Å². The van der Waals surface area contributed by atoms with Crippen LogP contribution in [0.25, 0.3) is 11.4 Å². The van der Waals surface area contributed by atoms with Gasteiger partial charge in [0.05, 0.1) is 11.1 Å². The number of nitrogens with one attached hydrogen (secondary N) is 1. The molecule has 2 aromatic carbocycles. The van der Waals surface area contributed by atoms with Crippen molar-refractivity contribution in [2.45, 2.75) is 69.3 Å². The first-order valence-corrected chi connectivity index (χ1v) is 12.8. The Bertz CT molecular complexity index is 1350. The van der Waals surface area contributed by atoms with Gasteiger partial charge >= 0.3 is 12.4 Å². The lowest BCUT2D eigenvalue weighted by molar-refractivity contribution is -0.138. The van der Waals surface area contributed by atoms with Crippen LogP contribution in [-0.2, 0) is 36.2 Å². The predicted molar refractivity (Wildman–Crippen MR) is 131 cm³/mol. The number of alkyl halides is 6. The van der Waals surface area contributed by atoms with Crippen molar-refractivity contribution in [3.05, 3.63) is 71.0 Å². The number of hydrogen-bond donors (Lipinski definition) is 1. The fraction of sp³-hybridized carbons (Fsp3) is 0.464. The lowest BCUT2D eigenvalue weighted by atomic mass is 9.52. The van der Waals surface area contributed by atoms with E-state index < -0.39 is 23.5 Å². The van der Waals surface area contributed by atoms with Gasteiger partial charge in [0, 0.05) is 31.0 Å². The summed E-state index contributed by atoms with van der Waals surface area (Å²) in [4.78, 5) is 12.8. The van der Waals surface area contributed by atoms with Crippen LogP contribution in [0, 0.1) is 5.41 Å². The summed E-state index contributed by atoms with van der Waals surface area (Å²) in [6, 6.07) is 10.2. The van der Waals surface area contributed by atoms with Gasteiger partial charge in [-0.15, -0.1) is 10.2 Å². The van der Waals surface area contributed by atoms with Crippen molar-refractivity contribution in [2.24, 2.45) is 12.5 Å². The van der Waals surface area contributed by atoms with Crippen LogP contribution in [0.4, 0.5) is 26.3 Å². The number of rotatable bonds is 6. The molecule has 1 aromatic heterocycles. The van der Waals surface area contributed by atoms with E-state index in [2.05, 4.69) is 15.5 Å². The van der Waals surface area contributed by atoms with Crippen molar-refractivity contribution in [2.75, 3.05) is 0 Å². The molecule has 3 saturated carbocycles. The van der Waals surface area contributed by atoms with E-state index in [-0.39, 0.29) is 41.1 Å². The molecule has 3 fully saturated rings.